The van der Waals surface area contributed by atoms with Crippen LogP contribution < -0.4 is 5.32 Å². The lowest BCUT2D eigenvalue weighted by molar-refractivity contribution is 0.0697. The van der Waals surface area contributed by atoms with Gasteiger partial charge in [0.1, 0.15) is 5.82 Å². The first-order chi connectivity index (χ1) is 9.92. The average Bonchev–Trinajstić information content (AvgIpc) is 2.44. The van der Waals surface area contributed by atoms with Crippen molar-refractivity contribution in [3.8, 4) is 0 Å². The number of halogens is 3. The van der Waals surface area contributed by atoms with Crippen LogP contribution in [0.1, 0.15) is 22.8 Å². The first kappa shape index (κ1) is 14.9. The van der Waals surface area contributed by atoms with E-state index in [4.69, 9.17) is 5.11 Å². The first-order valence-electron chi connectivity index (χ1n) is 6.20. The van der Waals surface area contributed by atoms with Crippen LogP contribution in [0.2, 0.25) is 0 Å². The van der Waals surface area contributed by atoms with E-state index in [2.05, 4.69) is 5.32 Å². The Morgan fingerprint density at radius 1 is 1.05 bits per heavy atom. The molecule has 0 aromatic heterocycles. The molecule has 3 nitrogen and oxygen atoms in total. The van der Waals surface area contributed by atoms with Crippen LogP contribution in [0.15, 0.2) is 30.3 Å². The normalized spacial score (nSPS) is 10.5. The van der Waals surface area contributed by atoms with Gasteiger partial charge >= 0.3 is 5.97 Å². The molecule has 2 aromatic carbocycles. The fourth-order valence-electron chi connectivity index (χ4n) is 1.85. The highest BCUT2D eigenvalue weighted by Crippen LogP contribution is 2.26. The minimum Gasteiger partial charge on any atom is -0.478 e. The Balaban J connectivity index is 2.43. The molecule has 0 bridgehead atoms. The molecule has 2 aromatic rings. The number of anilines is 2. The average molecular weight is 295 g/mol. The van der Waals surface area contributed by atoms with E-state index in [1.54, 1.807) is 6.07 Å². The van der Waals surface area contributed by atoms with E-state index in [9.17, 15) is 18.0 Å². The van der Waals surface area contributed by atoms with Crippen molar-refractivity contribution in [2.24, 2.45) is 0 Å². The van der Waals surface area contributed by atoms with Crippen molar-refractivity contribution in [3.63, 3.8) is 0 Å². The molecule has 0 aliphatic rings. The molecule has 0 atom stereocenters. The fourth-order valence-corrected chi connectivity index (χ4v) is 1.85. The predicted octanol–water partition coefficient (Wildman–Crippen LogP) is 4.11. The van der Waals surface area contributed by atoms with Crippen LogP contribution in [0.5, 0.6) is 0 Å². The molecule has 0 unspecified atom stereocenters. The second-order valence-electron chi connectivity index (χ2n) is 4.41. The van der Waals surface area contributed by atoms with Crippen molar-refractivity contribution >= 4 is 17.3 Å². The Bertz CT molecular complexity index is 702. The van der Waals surface area contributed by atoms with Crippen LogP contribution in [-0.4, -0.2) is 11.1 Å². The van der Waals surface area contributed by atoms with Crippen molar-refractivity contribution in [2.45, 2.75) is 13.3 Å². The molecular formula is C15H12F3NO2. The lowest BCUT2D eigenvalue weighted by Gasteiger charge is -2.12. The van der Waals surface area contributed by atoms with Crippen LogP contribution in [-0.2, 0) is 6.42 Å². The monoisotopic (exact) mass is 295 g/mol. The molecule has 110 valence electrons. The van der Waals surface area contributed by atoms with Gasteiger partial charge in [0, 0.05) is 6.07 Å². The molecule has 0 radical (unpaired) electrons. The van der Waals surface area contributed by atoms with Crippen LogP contribution in [0.25, 0.3) is 0 Å². The first-order valence-corrected chi connectivity index (χ1v) is 6.20. The molecular weight excluding hydrogens is 283 g/mol. The van der Waals surface area contributed by atoms with Gasteiger partial charge in [0.05, 0.1) is 16.9 Å². The van der Waals surface area contributed by atoms with Gasteiger partial charge in [-0.3, -0.25) is 0 Å². The molecule has 0 aliphatic heterocycles. The summed E-state index contributed by atoms with van der Waals surface area (Å²) in [7, 11) is 0. The third-order valence-corrected chi connectivity index (χ3v) is 3.00. The number of carbonyl (C=O) groups is 1. The molecule has 0 aliphatic carbocycles. The standard InChI is InChI=1S/C15H12F3NO2/c1-2-8-3-4-13(12(18)5-8)19-14-7-11(17)10(16)6-9(14)15(20)21/h3-7,19H,2H2,1H3,(H,20,21). The van der Waals surface area contributed by atoms with Gasteiger partial charge in [0.15, 0.2) is 11.6 Å². The van der Waals surface area contributed by atoms with Crippen LogP contribution in [0, 0.1) is 17.5 Å². The van der Waals surface area contributed by atoms with E-state index >= 15 is 0 Å². The summed E-state index contributed by atoms with van der Waals surface area (Å²) < 4.78 is 40.2. The van der Waals surface area contributed by atoms with Gasteiger partial charge < -0.3 is 10.4 Å². The quantitative estimate of drug-likeness (QED) is 0.892. The van der Waals surface area contributed by atoms with Crippen LogP contribution in [0.4, 0.5) is 24.5 Å². The summed E-state index contributed by atoms with van der Waals surface area (Å²) in [6.45, 7) is 1.86. The number of carboxylic acids is 1. The van der Waals surface area contributed by atoms with Crippen LogP contribution >= 0.6 is 0 Å². The molecule has 0 saturated heterocycles. The molecule has 2 N–H and O–H groups in total. The second kappa shape index (κ2) is 5.87. The number of aromatic carboxylic acids is 1. The van der Waals surface area contributed by atoms with Crippen molar-refractivity contribution in [2.75, 3.05) is 5.32 Å². The molecule has 2 rings (SSSR count). The van der Waals surface area contributed by atoms with Gasteiger partial charge in [-0.05, 0) is 30.2 Å². The molecule has 21 heavy (non-hydrogen) atoms. The molecule has 0 heterocycles. The van der Waals surface area contributed by atoms with Crippen molar-refractivity contribution in [1.82, 2.24) is 0 Å². The summed E-state index contributed by atoms with van der Waals surface area (Å²) in [6.07, 6.45) is 0.642. The highest BCUT2D eigenvalue weighted by atomic mass is 19.2. The molecule has 0 spiro atoms. The minimum atomic E-state index is -1.44. The number of hydrogen-bond donors (Lipinski definition) is 2. The highest BCUT2D eigenvalue weighted by Gasteiger charge is 2.16. The minimum absolute atomic E-state index is 0.0132. The van der Waals surface area contributed by atoms with E-state index < -0.39 is 29.0 Å². The Morgan fingerprint density at radius 2 is 1.71 bits per heavy atom. The Labute approximate surface area is 119 Å². The maximum Gasteiger partial charge on any atom is 0.337 e. The molecule has 0 saturated carbocycles. The van der Waals surface area contributed by atoms with Gasteiger partial charge in [-0.1, -0.05) is 13.0 Å². The third kappa shape index (κ3) is 3.16. The summed E-state index contributed by atoms with van der Waals surface area (Å²) >= 11 is 0. The number of nitrogens with one attached hydrogen (secondary N) is 1. The Morgan fingerprint density at radius 3 is 2.29 bits per heavy atom. The number of benzene rings is 2. The fraction of sp³-hybridized carbons (Fsp3) is 0.133. The third-order valence-electron chi connectivity index (χ3n) is 3.00. The lowest BCUT2D eigenvalue weighted by Crippen LogP contribution is -2.06. The van der Waals surface area contributed by atoms with Gasteiger partial charge in [-0.25, -0.2) is 18.0 Å². The summed E-state index contributed by atoms with van der Waals surface area (Å²) in [5.74, 6) is -4.54. The lowest BCUT2D eigenvalue weighted by atomic mass is 10.1. The van der Waals surface area contributed by atoms with Crippen molar-refractivity contribution < 1.29 is 23.1 Å². The maximum absolute atomic E-state index is 13.9. The Hall–Kier alpha value is -2.50. The van der Waals surface area contributed by atoms with Gasteiger partial charge in [0.2, 0.25) is 0 Å². The summed E-state index contributed by atoms with van der Waals surface area (Å²) in [6, 6.07) is 5.61. The van der Waals surface area contributed by atoms with E-state index in [-0.39, 0.29) is 11.4 Å². The van der Waals surface area contributed by atoms with Gasteiger partial charge in [-0.2, -0.15) is 0 Å². The summed E-state index contributed by atoms with van der Waals surface area (Å²) in [4.78, 5) is 11.0. The van der Waals surface area contributed by atoms with E-state index in [0.29, 0.717) is 18.6 Å². The number of carboxylic acid groups (broad SMARTS) is 1. The largest absolute Gasteiger partial charge is 0.478 e. The van der Waals surface area contributed by atoms with Gasteiger partial charge in [0.25, 0.3) is 0 Å². The summed E-state index contributed by atoms with van der Waals surface area (Å²) in [5.41, 5.74) is 0.0555. The second-order valence-corrected chi connectivity index (χ2v) is 4.41. The smallest absolute Gasteiger partial charge is 0.337 e. The molecule has 6 heteroatoms. The Kier molecular flexibility index (Phi) is 4.16. The van der Waals surface area contributed by atoms with E-state index in [1.807, 2.05) is 6.92 Å². The number of aryl methyl sites for hydroxylation is 1. The van der Waals surface area contributed by atoms with E-state index in [1.165, 1.54) is 12.1 Å². The van der Waals surface area contributed by atoms with Crippen molar-refractivity contribution in [3.05, 3.63) is 58.9 Å². The number of hydrogen-bond acceptors (Lipinski definition) is 2. The summed E-state index contributed by atoms with van der Waals surface area (Å²) in [5, 5.41) is 11.5. The molecule has 0 fully saturated rings. The highest BCUT2D eigenvalue weighted by molar-refractivity contribution is 5.95. The zero-order chi connectivity index (χ0) is 15.6. The SMILES string of the molecule is CCc1ccc(Nc2cc(F)c(F)cc2C(=O)O)c(F)c1. The number of rotatable bonds is 4. The van der Waals surface area contributed by atoms with Crippen LogP contribution in [0.3, 0.4) is 0 Å². The topological polar surface area (TPSA) is 49.3 Å². The molecule has 0 amide bonds. The maximum atomic E-state index is 13.9. The predicted molar refractivity (Wildman–Crippen MR) is 72.4 cm³/mol. The van der Waals surface area contributed by atoms with Crippen molar-refractivity contribution in [1.29, 1.82) is 0 Å². The van der Waals surface area contributed by atoms with Gasteiger partial charge in [-0.15, -0.1) is 0 Å². The zero-order valence-electron chi connectivity index (χ0n) is 11.1. The van der Waals surface area contributed by atoms with E-state index in [0.717, 1.165) is 5.56 Å². The zero-order valence-corrected chi connectivity index (χ0v) is 11.1.